The molecular formula is C13H26N2O3. The van der Waals surface area contributed by atoms with Gasteiger partial charge in [-0.25, -0.2) is 4.79 Å². The van der Waals surface area contributed by atoms with Crippen LogP contribution in [0, 0.1) is 0 Å². The Kier molecular flexibility index (Phi) is 8.16. The Morgan fingerprint density at radius 1 is 1.28 bits per heavy atom. The number of ether oxygens (including phenoxy) is 1. The number of carbonyl (C=O) groups is 2. The van der Waals surface area contributed by atoms with Crippen LogP contribution in [-0.4, -0.2) is 42.6 Å². The Labute approximate surface area is 110 Å². The second-order valence-corrected chi connectivity index (χ2v) is 5.25. The van der Waals surface area contributed by atoms with E-state index in [4.69, 9.17) is 4.74 Å². The third-order valence-electron chi connectivity index (χ3n) is 2.23. The summed E-state index contributed by atoms with van der Waals surface area (Å²) in [7, 11) is 0. The van der Waals surface area contributed by atoms with E-state index in [-0.39, 0.29) is 6.09 Å². The van der Waals surface area contributed by atoms with Crippen molar-refractivity contribution >= 4 is 12.5 Å². The highest BCUT2D eigenvalue weighted by Crippen LogP contribution is 2.10. The fourth-order valence-electron chi connectivity index (χ4n) is 1.48. The first kappa shape index (κ1) is 16.7. The molecular weight excluding hydrogens is 232 g/mol. The first-order chi connectivity index (χ1) is 8.40. The van der Waals surface area contributed by atoms with Gasteiger partial charge in [-0.2, -0.15) is 0 Å². The molecule has 0 radical (unpaired) electrons. The van der Waals surface area contributed by atoms with Gasteiger partial charge in [-0.1, -0.05) is 6.92 Å². The Balaban J connectivity index is 4.04. The summed E-state index contributed by atoms with van der Waals surface area (Å²) in [5.41, 5.74) is -0.456. The summed E-state index contributed by atoms with van der Waals surface area (Å²) in [5.74, 6) is 0. The molecule has 0 fully saturated rings. The largest absolute Gasteiger partial charge is 0.444 e. The maximum Gasteiger partial charge on any atom is 0.410 e. The molecule has 0 aliphatic rings. The van der Waals surface area contributed by atoms with E-state index in [2.05, 4.69) is 5.32 Å². The fourth-order valence-corrected chi connectivity index (χ4v) is 1.48. The molecule has 0 rings (SSSR count). The van der Waals surface area contributed by atoms with Crippen LogP contribution in [0.2, 0.25) is 0 Å². The SMILES string of the molecule is CCCN(CCCCNC=O)C(=O)OC(C)(C)C. The molecule has 0 heterocycles. The molecule has 0 aliphatic carbocycles. The summed E-state index contributed by atoms with van der Waals surface area (Å²) in [6.07, 6.45) is 3.07. The number of hydrogen-bond donors (Lipinski definition) is 1. The molecule has 0 saturated heterocycles. The van der Waals surface area contributed by atoms with Crippen molar-refractivity contribution in [2.75, 3.05) is 19.6 Å². The summed E-state index contributed by atoms with van der Waals surface area (Å²) in [6, 6.07) is 0. The van der Waals surface area contributed by atoms with Gasteiger partial charge in [-0.15, -0.1) is 0 Å². The van der Waals surface area contributed by atoms with Crippen molar-refractivity contribution in [2.24, 2.45) is 0 Å². The predicted octanol–water partition coefficient (Wildman–Crippen LogP) is 2.16. The molecule has 0 aromatic heterocycles. The molecule has 0 saturated carbocycles. The molecule has 0 aromatic carbocycles. The summed E-state index contributed by atoms with van der Waals surface area (Å²) >= 11 is 0. The van der Waals surface area contributed by atoms with Crippen molar-refractivity contribution < 1.29 is 14.3 Å². The standard InChI is InChI=1S/C13H26N2O3/c1-5-9-15(10-7-6-8-14-11-16)12(17)18-13(2,3)4/h11H,5-10H2,1-4H3,(H,14,16). The van der Waals surface area contributed by atoms with Gasteiger partial charge in [0.15, 0.2) is 0 Å². The van der Waals surface area contributed by atoms with Gasteiger partial charge in [0.1, 0.15) is 5.60 Å². The molecule has 0 aromatic rings. The molecule has 0 atom stereocenters. The number of amides is 2. The third kappa shape index (κ3) is 8.84. The van der Waals surface area contributed by atoms with Crippen molar-refractivity contribution in [1.29, 1.82) is 0 Å². The van der Waals surface area contributed by atoms with Crippen LogP contribution in [0.15, 0.2) is 0 Å². The first-order valence-corrected chi connectivity index (χ1v) is 6.55. The Morgan fingerprint density at radius 3 is 2.44 bits per heavy atom. The smallest absolute Gasteiger partial charge is 0.410 e. The van der Waals surface area contributed by atoms with Crippen LogP contribution in [0.25, 0.3) is 0 Å². The highest BCUT2D eigenvalue weighted by Gasteiger charge is 2.20. The maximum atomic E-state index is 11.9. The molecule has 18 heavy (non-hydrogen) atoms. The second kappa shape index (κ2) is 8.78. The lowest BCUT2D eigenvalue weighted by Crippen LogP contribution is -2.38. The van der Waals surface area contributed by atoms with Gasteiger partial charge in [-0.05, 0) is 40.0 Å². The number of hydrogen-bond acceptors (Lipinski definition) is 3. The minimum atomic E-state index is -0.456. The van der Waals surface area contributed by atoms with Crippen LogP contribution in [0.5, 0.6) is 0 Å². The topological polar surface area (TPSA) is 58.6 Å². The van der Waals surface area contributed by atoms with Crippen LogP contribution < -0.4 is 5.32 Å². The lowest BCUT2D eigenvalue weighted by Gasteiger charge is -2.27. The van der Waals surface area contributed by atoms with Crippen molar-refractivity contribution in [3.63, 3.8) is 0 Å². The first-order valence-electron chi connectivity index (χ1n) is 6.55. The van der Waals surface area contributed by atoms with E-state index in [1.54, 1.807) is 4.90 Å². The molecule has 5 nitrogen and oxygen atoms in total. The lowest BCUT2D eigenvalue weighted by atomic mass is 10.2. The summed E-state index contributed by atoms with van der Waals surface area (Å²) in [6.45, 7) is 9.65. The van der Waals surface area contributed by atoms with Crippen LogP contribution in [0.3, 0.4) is 0 Å². The van der Waals surface area contributed by atoms with Crippen molar-refractivity contribution in [1.82, 2.24) is 10.2 Å². The molecule has 0 unspecified atom stereocenters. The highest BCUT2D eigenvalue weighted by molar-refractivity contribution is 5.68. The quantitative estimate of drug-likeness (QED) is 0.536. The Hall–Kier alpha value is -1.26. The second-order valence-electron chi connectivity index (χ2n) is 5.25. The maximum absolute atomic E-state index is 11.9. The van der Waals surface area contributed by atoms with Gasteiger partial charge in [0.05, 0.1) is 0 Å². The van der Waals surface area contributed by atoms with Gasteiger partial charge in [0, 0.05) is 19.6 Å². The van der Waals surface area contributed by atoms with E-state index in [1.807, 2.05) is 27.7 Å². The zero-order valence-corrected chi connectivity index (χ0v) is 12.0. The van der Waals surface area contributed by atoms with Gasteiger partial charge in [0.25, 0.3) is 0 Å². The predicted molar refractivity (Wildman–Crippen MR) is 71.4 cm³/mol. The summed E-state index contributed by atoms with van der Waals surface area (Å²) < 4.78 is 5.35. The highest BCUT2D eigenvalue weighted by atomic mass is 16.6. The fraction of sp³-hybridized carbons (Fsp3) is 0.846. The summed E-state index contributed by atoms with van der Waals surface area (Å²) in [4.78, 5) is 23.7. The minimum Gasteiger partial charge on any atom is -0.444 e. The Morgan fingerprint density at radius 2 is 1.94 bits per heavy atom. The monoisotopic (exact) mass is 258 g/mol. The van der Waals surface area contributed by atoms with Crippen LogP contribution >= 0.6 is 0 Å². The zero-order chi connectivity index (χ0) is 14.0. The van der Waals surface area contributed by atoms with E-state index in [1.165, 1.54) is 0 Å². The van der Waals surface area contributed by atoms with Crippen LogP contribution in [-0.2, 0) is 9.53 Å². The minimum absolute atomic E-state index is 0.257. The van der Waals surface area contributed by atoms with Gasteiger partial charge < -0.3 is 15.0 Å². The molecule has 5 heteroatoms. The van der Waals surface area contributed by atoms with E-state index >= 15 is 0 Å². The number of nitrogens with zero attached hydrogens (tertiary/aromatic N) is 1. The molecule has 0 aliphatic heterocycles. The van der Waals surface area contributed by atoms with Gasteiger partial charge in [-0.3, -0.25) is 4.79 Å². The van der Waals surface area contributed by atoms with E-state index in [0.717, 1.165) is 19.3 Å². The number of rotatable bonds is 8. The van der Waals surface area contributed by atoms with Crippen molar-refractivity contribution in [3.05, 3.63) is 0 Å². The molecule has 1 N–H and O–H groups in total. The Bertz CT molecular complexity index is 249. The van der Waals surface area contributed by atoms with Gasteiger partial charge in [0.2, 0.25) is 6.41 Å². The zero-order valence-electron chi connectivity index (χ0n) is 12.0. The average Bonchev–Trinajstić information content (AvgIpc) is 2.25. The van der Waals surface area contributed by atoms with E-state index in [0.29, 0.717) is 26.0 Å². The summed E-state index contributed by atoms with van der Waals surface area (Å²) in [5, 5.41) is 2.61. The lowest BCUT2D eigenvalue weighted by molar-refractivity contribution is -0.109. The third-order valence-corrected chi connectivity index (χ3v) is 2.23. The molecule has 2 amide bonds. The normalized spacial score (nSPS) is 10.9. The average molecular weight is 258 g/mol. The van der Waals surface area contributed by atoms with E-state index in [9.17, 15) is 9.59 Å². The number of unbranched alkanes of at least 4 members (excludes halogenated alkanes) is 1. The van der Waals surface area contributed by atoms with Crippen LogP contribution in [0.1, 0.15) is 47.0 Å². The van der Waals surface area contributed by atoms with Crippen molar-refractivity contribution in [2.45, 2.75) is 52.6 Å². The molecule has 0 bridgehead atoms. The number of carbonyl (C=O) groups excluding carboxylic acids is 2. The van der Waals surface area contributed by atoms with E-state index < -0.39 is 5.60 Å². The van der Waals surface area contributed by atoms with Gasteiger partial charge >= 0.3 is 6.09 Å². The molecule has 106 valence electrons. The number of nitrogens with one attached hydrogen (secondary N) is 1. The van der Waals surface area contributed by atoms with Crippen molar-refractivity contribution in [3.8, 4) is 0 Å². The molecule has 0 spiro atoms. The van der Waals surface area contributed by atoms with Crippen LogP contribution in [0.4, 0.5) is 4.79 Å².